The molecule has 18 heavy (non-hydrogen) atoms. The molecule has 0 aromatic heterocycles. The molecule has 0 spiro atoms. The number of carbonyl (C=O) groups excluding carboxylic acids is 1. The molecule has 3 rings (SSSR count). The molecule has 1 atom stereocenters. The predicted molar refractivity (Wildman–Crippen MR) is 67.7 cm³/mol. The fourth-order valence-electron chi connectivity index (χ4n) is 2.33. The summed E-state index contributed by atoms with van der Waals surface area (Å²) >= 11 is 0. The van der Waals surface area contributed by atoms with E-state index in [4.69, 9.17) is 9.47 Å². The van der Waals surface area contributed by atoms with E-state index in [1.807, 2.05) is 36.4 Å². The lowest BCUT2D eigenvalue weighted by molar-refractivity contribution is 0.177. The lowest BCUT2D eigenvalue weighted by Gasteiger charge is -2.13. The molecule has 1 saturated heterocycles. The average Bonchev–Trinajstić information content (AvgIpc) is 2.84. The molecular weight excluding hydrogens is 230 g/mol. The third-order valence-corrected chi connectivity index (χ3v) is 3.19. The molecule has 4 heteroatoms. The van der Waals surface area contributed by atoms with Gasteiger partial charge in [0.1, 0.15) is 12.4 Å². The Bertz CT molecular complexity index is 609. The molecule has 1 unspecified atom stereocenters. The fourth-order valence-corrected chi connectivity index (χ4v) is 2.33. The summed E-state index contributed by atoms with van der Waals surface area (Å²) in [6, 6.07) is 11.8. The minimum atomic E-state index is -0.361. The van der Waals surface area contributed by atoms with Gasteiger partial charge in [-0.2, -0.15) is 0 Å². The van der Waals surface area contributed by atoms with E-state index in [1.165, 1.54) is 0 Å². The van der Waals surface area contributed by atoms with Crippen LogP contribution in [0.15, 0.2) is 36.4 Å². The minimum Gasteiger partial charge on any atom is -0.496 e. The van der Waals surface area contributed by atoms with Crippen molar-refractivity contribution in [1.82, 2.24) is 5.32 Å². The molecule has 0 saturated carbocycles. The average molecular weight is 243 g/mol. The van der Waals surface area contributed by atoms with Crippen molar-refractivity contribution in [3.8, 4) is 5.75 Å². The predicted octanol–water partition coefficient (Wildman–Crippen LogP) is 2.63. The topological polar surface area (TPSA) is 47.6 Å². The molecule has 1 aliphatic heterocycles. The second kappa shape index (κ2) is 4.22. The quantitative estimate of drug-likeness (QED) is 0.882. The van der Waals surface area contributed by atoms with Crippen LogP contribution in [-0.4, -0.2) is 19.8 Å². The van der Waals surface area contributed by atoms with Gasteiger partial charge in [-0.3, -0.25) is 0 Å². The number of fused-ring (bicyclic) bond motifs is 1. The molecule has 1 N–H and O–H groups in total. The van der Waals surface area contributed by atoms with Crippen LogP contribution < -0.4 is 10.1 Å². The monoisotopic (exact) mass is 243 g/mol. The van der Waals surface area contributed by atoms with Gasteiger partial charge >= 0.3 is 6.09 Å². The lowest BCUT2D eigenvalue weighted by Crippen LogP contribution is -2.18. The van der Waals surface area contributed by atoms with Crippen molar-refractivity contribution in [3.05, 3.63) is 42.0 Å². The highest BCUT2D eigenvalue weighted by Gasteiger charge is 2.25. The van der Waals surface area contributed by atoms with Gasteiger partial charge in [-0.15, -0.1) is 0 Å². The number of ether oxygens (including phenoxy) is 2. The van der Waals surface area contributed by atoms with E-state index in [0.29, 0.717) is 6.61 Å². The summed E-state index contributed by atoms with van der Waals surface area (Å²) in [6.07, 6.45) is -0.361. The Morgan fingerprint density at radius 1 is 1.22 bits per heavy atom. The first-order valence-electron chi connectivity index (χ1n) is 5.78. The van der Waals surface area contributed by atoms with Gasteiger partial charge in [0.05, 0.1) is 13.2 Å². The van der Waals surface area contributed by atoms with Crippen molar-refractivity contribution in [2.45, 2.75) is 6.04 Å². The summed E-state index contributed by atoms with van der Waals surface area (Å²) < 4.78 is 10.3. The SMILES string of the molecule is COc1ccc(C2COC(=O)N2)c2ccccc12. The van der Waals surface area contributed by atoms with Gasteiger partial charge in [0.2, 0.25) is 0 Å². The minimum absolute atomic E-state index is 0.0895. The number of hydrogen-bond acceptors (Lipinski definition) is 3. The summed E-state index contributed by atoms with van der Waals surface area (Å²) in [5.74, 6) is 0.833. The standard InChI is InChI=1S/C14H13NO3/c1-17-13-7-6-10(12-8-18-14(16)15-12)9-4-2-3-5-11(9)13/h2-7,12H,8H2,1H3,(H,15,16). The Hall–Kier alpha value is -2.23. The molecule has 1 aliphatic rings. The maximum Gasteiger partial charge on any atom is 0.407 e. The summed E-state index contributed by atoms with van der Waals surface area (Å²) in [7, 11) is 1.65. The Morgan fingerprint density at radius 2 is 2.00 bits per heavy atom. The first kappa shape index (κ1) is 10.9. The van der Waals surface area contributed by atoms with E-state index < -0.39 is 0 Å². The van der Waals surface area contributed by atoms with Crippen LogP contribution in [0.25, 0.3) is 10.8 Å². The molecule has 2 aromatic rings. The van der Waals surface area contributed by atoms with Gasteiger partial charge in [0.25, 0.3) is 0 Å². The van der Waals surface area contributed by atoms with Crippen LogP contribution >= 0.6 is 0 Å². The molecule has 1 fully saturated rings. The molecule has 0 bridgehead atoms. The largest absolute Gasteiger partial charge is 0.496 e. The van der Waals surface area contributed by atoms with E-state index in [-0.39, 0.29) is 12.1 Å². The van der Waals surface area contributed by atoms with E-state index in [9.17, 15) is 4.79 Å². The van der Waals surface area contributed by atoms with Crippen LogP contribution in [0.2, 0.25) is 0 Å². The maximum absolute atomic E-state index is 11.1. The van der Waals surface area contributed by atoms with Crippen molar-refractivity contribution >= 4 is 16.9 Å². The third kappa shape index (κ3) is 1.66. The number of rotatable bonds is 2. The number of hydrogen-bond donors (Lipinski definition) is 1. The highest BCUT2D eigenvalue weighted by Crippen LogP contribution is 2.32. The summed E-state index contributed by atoms with van der Waals surface area (Å²) in [5.41, 5.74) is 1.05. The van der Waals surface area contributed by atoms with Gasteiger partial charge in [-0.1, -0.05) is 30.3 Å². The molecule has 2 aromatic carbocycles. The summed E-state index contributed by atoms with van der Waals surface area (Å²) in [5, 5.41) is 4.91. The van der Waals surface area contributed by atoms with E-state index in [1.54, 1.807) is 7.11 Å². The third-order valence-electron chi connectivity index (χ3n) is 3.19. The first-order valence-corrected chi connectivity index (χ1v) is 5.78. The van der Waals surface area contributed by atoms with Gasteiger partial charge in [0, 0.05) is 5.39 Å². The number of benzene rings is 2. The van der Waals surface area contributed by atoms with Crippen molar-refractivity contribution in [3.63, 3.8) is 0 Å². The van der Waals surface area contributed by atoms with Crippen LogP contribution in [0.4, 0.5) is 4.79 Å². The van der Waals surface area contributed by atoms with Gasteiger partial charge in [-0.05, 0) is 17.0 Å². The second-order valence-electron chi connectivity index (χ2n) is 4.20. The lowest BCUT2D eigenvalue weighted by atomic mass is 9.99. The van der Waals surface area contributed by atoms with Crippen molar-refractivity contribution in [2.75, 3.05) is 13.7 Å². The maximum atomic E-state index is 11.1. The van der Waals surface area contributed by atoms with Crippen molar-refractivity contribution < 1.29 is 14.3 Å². The van der Waals surface area contributed by atoms with E-state index in [0.717, 1.165) is 22.1 Å². The first-order chi connectivity index (χ1) is 8.79. The molecule has 4 nitrogen and oxygen atoms in total. The Kier molecular flexibility index (Phi) is 2.55. The molecule has 1 amide bonds. The molecule has 92 valence electrons. The van der Waals surface area contributed by atoms with Gasteiger partial charge < -0.3 is 14.8 Å². The second-order valence-corrected chi connectivity index (χ2v) is 4.20. The number of cyclic esters (lactones) is 1. The van der Waals surface area contributed by atoms with Crippen LogP contribution in [0, 0.1) is 0 Å². The zero-order valence-electron chi connectivity index (χ0n) is 9.97. The van der Waals surface area contributed by atoms with E-state index >= 15 is 0 Å². The zero-order valence-corrected chi connectivity index (χ0v) is 9.97. The summed E-state index contributed by atoms with van der Waals surface area (Å²) in [6.45, 7) is 0.370. The molecule has 0 aliphatic carbocycles. The Balaban J connectivity index is 2.16. The highest BCUT2D eigenvalue weighted by atomic mass is 16.6. The Morgan fingerprint density at radius 3 is 2.67 bits per heavy atom. The summed E-state index contributed by atoms with van der Waals surface area (Å²) in [4.78, 5) is 11.1. The smallest absolute Gasteiger partial charge is 0.407 e. The van der Waals surface area contributed by atoms with Gasteiger partial charge in [0.15, 0.2) is 0 Å². The zero-order chi connectivity index (χ0) is 12.5. The van der Waals surface area contributed by atoms with Crippen LogP contribution in [0.3, 0.4) is 0 Å². The number of nitrogens with one attached hydrogen (secondary N) is 1. The highest BCUT2D eigenvalue weighted by molar-refractivity contribution is 5.92. The number of carbonyl (C=O) groups is 1. The van der Waals surface area contributed by atoms with Crippen LogP contribution in [-0.2, 0) is 4.74 Å². The fraction of sp³-hybridized carbons (Fsp3) is 0.214. The van der Waals surface area contributed by atoms with Gasteiger partial charge in [-0.25, -0.2) is 4.79 Å². The number of alkyl carbamates (subject to hydrolysis) is 1. The van der Waals surface area contributed by atoms with Crippen LogP contribution in [0.1, 0.15) is 11.6 Å². The van der Waals surface area contributed by atoms with Crippen LogP contribution in [0.5, 0.6) is 5.75 Å². The molecule has 0 radical (unpaired) electrons. The molecule has 1 heterocycles. The normalized spacial score (nSPS) is 18.5. The van der Waals surface area contributed by atoms with Crippen molar-refractivity contribution in [1.29, 1.82) is 0 Å². The van der Waals surface area contributed by atoms with E-state index in [2.05, 4.69) is 5.32 Å². The Labute approximate surface area is 105 Å². The van der Waals surface area contributed by atoms with Crippen molar-refractivity contribution in [2.24, 2.45) is 0 Å². The molecular formula is C14H13NO3. The number of methoxy groups -OCH3 is 1. The number of amides is 1.